The van der Waals surface area contributed by atoms with Gasteiger partial charge in [-0.25, -0.2) is 9.69 Å². The van der Waals surface area contributed by atoms with Crippen LogP contribution >= 0.6 is 0 Å². The summed E-state index contributed by atoms with van der Waals surface area (Å²) >= 11 is 0. The first-order valence-corrected chi connectivity index (χ1v) is 7.22. The molecule has 1 spiro atoms. The minimum Gasteiger partial charge on any atom is -0.323 e. The van der Waals surface area contributed by atoms with E-state index in [0.29, 0.717) is 18.8 Å². The van der Waals surface area contributed by atoms with Gasteiger partial charge >= 0.3 is 6.03 Å². The van der Waals surface area contributed by atoms with E-state index in [4.69, 9.17) is 5.26 Å². The molecule has 2 rings (SSSR count). The molecule has 0 radical (unpaired) electrons. The quantitative estimate of drug-likeness (QED) is 0.613. The van der Waals surface area contributed by atoms with Crippen LogP contribution < -0.4 is 5.32 Å². The summed E-state index contributed by atoms with van der Waals surface area (Å²) in [6.07, 6.45) is 2.42. The summed E-state index contributed by atoms with van der Waals surface area (Å²) in [6.45, 7) is 6.91. The Labute approximate surface area is 119 Å². The van der Waals surface area contributed by atoms with Crippen molar-refractivity contribution in [3.05, 3.63) is 0 Å². The van der Waals surface area contributed by atoms with Crippen molar-refractivity contribution in [2.75, 3.05) is 26.2 Å². The molecule has 6 nitrogen and oxygen atoms in total. The van der Waals surface area contributed by atoms with E-state index in [2.05, 4.69) is 24.1 Å². The number of nitrogens with one attached hydrogen (secondary N) is 1. The standard InChI is InChI=1S/C14H22N4O2/c1-11(2)3-7-17-8-4-14(5-9-17)12(19)18(10-6-15)13(20)16-14/h11H,3-5,7-10H2,1-2H3,(H,16,20). The van der Waals surface area contributed by atoms with Gasteiger partial charge in [0.1, 0.15) is 12.1 Å². The Bertz CT molecular complexity index is 433. The Hall–Kier alpha value is -1.61. The number of nitriles is 1. The molecule has 2 aliphatic heterocycles. The molecule has 110 valence electrons. The summed E-state index contributed by atoms with van der Waals surface area (Å²) < 4.78 is 0. The maximum absolute atomic E-state index is 12.3. The van der Waals surface area contributed by atoms with Crippen molar-refractivity contribution < 1.29 is 9.59 Å². The van der Waals surface area contributed by atoms with Gasteiger partial charge in [-0.2, -0.15) is 5.26 Å². The number of nitrogens with zero attached hydrogens (tertiary/aromatic N) is 3. The van der Waals surface area contributed by atoms with Crippen LogP contribution in [0.3, 0.4) is 0 Å². The van der Waals surface area contributed by atoms with Crippen LogP contribution in [0.5, 0.6) is 0 Å². The van der Waals surface area contributed by atoms with Crippen molar-refractivity contribution in [1.29, 1.82) is 5.26 Å². The Morgan fingerprint density at radius 3 is 2.55 bits per heavy atom. The molecule has 2 fully saturated rings. The lowest BCUT2D eigenvalue weighted by atomic mass is 9.87. The molecule has 2 heterocycles. The molecule has 20 heavy (non-hydrogen) atoms. The number of imide groups is 1. The zero-order valence-corrected chi connectivity index (χ0v) is 12.2. The number of piperidine rings is 1. The molecular formula is C14H22N4O2. The lowest BCUT2D eigenvalue weighted by Crippen LogP contribution is -2.55. The third-order valence-corrected chi connectivity index (χ3v) is 4.21. The first-order chi connectivity index (χ1) is 9.48. The van der Waals surface area contributed by atoms with Crippen LogP contribution in [0.15, 0.2) is 0 Å². The van der Waals surface area contributed by atoms with E-state index in [1.54, 1.807) is 0 Å². The number of rotatable bonds is 4. The molecule has 0 saturated carbocycles. The van der Waals surface area contributed by atoms with Crippen LogP contribution in [-0.2, 0) is 4.79 Å². The molecular weight excluding hydrogens is 256 g/mol. The van der Waals surface area contributed by atoms with Gasteiger partial charge in [0.2, 0.25) is 0 Å². The van der Waals surface area contributed by atoms with Gasteiger partial charge in [0.05, 0.1) is 6.07 Å². The molecule has 2 aliphatic rings. The molecule has 0 atom stereocenters. The number of likely N-dealkylation sites (tertiary alicyclic amines) is 1. The van der Waals surface area contributed by atoms with Gasteiger partial charge in [-0.15, -0.1) is 0 Å². The highest BCUT2D eigenvalue weighted by Crippen LogP contribution is 2.29. The second-order valence-electron chi connectivity index (χ2n) is 6.09. The summed E-state index contributed by atoms with van der Waals surface area (Å²) in [5.41, 5.74) is -0.762. The first kappa shape index (κ1) is 14.8. The number of carbonyl (C=O) groups is 2. The normalized spacial score (nSPS) is 22.4. The maximum Gasteiger partial charge on any atom is 0.325 e. The van der Waals surface area contributed by atoms with Crippen LogP contribution in [-0.4, -0.2) is 53.5 Å². The van der Waals surface area contributed by atoms with Crippen molar-refractivity contribution in [1.82, 2.24) is 15.1 Å². The SMILES string of the molecule is CC(C)CCN1CCC2(CC1)NC(=O)N(CC#N)C2=O. The second kappa shape index (κ2) is 5.80. The summed E-state index contributed by atoms with van der Waals surface area (Å²) in [5, 5.41) is 11.5. The largest absolute Gasteiger partial charge is 0.325 e. The highest BCUT2D eigenvalue weighted by molar-refractivity contribution is 6.07. The summed E-state index contributed by atoms with van der Waals surface area (Å²) in [7, 11) is 0. The fraction of sp³-hybridized carbons (Fsp3) is 0.786. The van der Waals surface area contributed by atoms with Crippen molar-refractivity contribution in [2.24, 2.45) is 5.92 Å². The Morgan fingerprint density at radius 1 is 1.35 bits per heavy atom. The van der Waals surface area contributed by atoms with Gasteiger partial charge in [0.25, 0.3) is 5.91 Å². The van der Waals surface area contributed by atoms with E-state index in [1.807, 2.05) is 6.07 Å². The predicted octanol–water partition coefficient (Wildman–Crippen LogP) is 0.942. The van der Waals surface area contributed by atoms with Gasteiger partial charge < -0.3 is 10.2 Å². The first-order valence-electron chi connectivity index (χ1n) is 7.22. The minimum absolute atomic E-state index is 0.163. The Morgan fingerprint density at radius 2 is 2.00 bits per heavy atom. The van der Waals surface area contributed by atoms with E-state index in [-0.39, 0.29) is 12.5 Å². The lowest BCUT2D eigenvalue weighted by Gasteiger charge is -2.37. The Balaban J connectivity index is 1.94. The highest BCUT2D eigenvalue weighted by Gasteiger charge is 2.52. The highest BCUT2D eigenvalue weighted by atomic mass is 16.2. The molecule has 0 aromatic heterocycles. The van der Waals surface area contributed by atoms with Gasteiger partial charge in [-0.1, -0.05) is 13.8 Å². The number of carbonyl (C=O) groups excluding carboxylic acids is 2. The van der Waals surface area contributed by atoms with E-state index in [1.165, 1.54) is 0 Å². The Kier molecular flexibility index (Phi) is 4.29. The van der Waals surface area contributed by atoms with Gasteiger partial charge in [0.15, 0.2) is 0 Å². The minimum atomic E-state index is -0.762. The fourth-order valence-corrected chi connectivity index (χ4v) is 2.83. The van der Waals surface area contributed by atoms with Crippen molar-refractivity contribution in [3.8, 4) is 6.07 Å². The molecule has 0 aromatic rings. The van der Waals surface area contributed by atoms with E-state index < -0.39 is 11.6 Å². The summed E-state index contributed by atoms with van der Waals surface area (Å²) in [5.74, 6) is 0.442. The van der Waals surface area contributed by atoms with Crippen LogP contribution in [0.4, 0.5) is 4.79 Å². The predicted molar refractivity (Wildman–Crippen MR) is 73.7 cm³/mol. The summed E-state index contributed by atoms with van der Waals surface area (Å²) in [6, 6.07) is 1.44. The van der Waals surface area contributed by atoms with Crippen LogP contribution in [0.25, 0.3) is 0 Å². The third kappa shape index (κ3) is 2.78. The molecule has 1 N–H and O–H groups in total. The fourth-order valence-electron chi connectivity index (χ4n) is 2.83. The number of hydrogen-bond acceptors (Lipinski definition) is 4. The number of hydrogen-bond donors (Lipinski definition) is 1. The zero-order chi connectivity index (χ0) is 14.8. The van der Waals surface area contributed by atoms with Crippen LogP contribution in [0, 0.1) is 17.2 Å². The topological polar surface area (TPSA) is 76.4 Å². The maximum atomic E-state index is 12.3. The third-order valence-electron chi connectivity index (χ3n) is 4.21. The molecule has 0 aromatic carbocycles. The van der Waals surface area contributed by atoms with Crippen molar-refractivity contribution >= 4 is 11.9 Å². The zero-order valence-electron chi connectivity index (χ0n) is 12.2. The van der Waals surface area contributed by atoms with E-state index in [0.717, 1.165) is 31.0 Å². The van der Waals surface area contributed by atoms with E-state index >= 15 is 0 Å². The second-order valence-corrected chi connectivity index (χ2v) is 6.09. The average molecular weight is 278 g/mol. The smallest absolute Gasteiger partial charge is 0.323 e. The number of urea groups is 1. The van der Waals surface area contributed by atoms with Gasteiger partial charge in [-0.05, 0) is 31.7 Å². The molecule has 6 heteroatoms. The monoisotopic (exact) mass is 278 g/mol. The van der Waals surface area contributed by atoms with Gasteiger partial charge in [0, 0.05) is 13.1 Å². The molecule has 3 amide bonds. The lowest BCUT2D eigenvalue weighted by molar-refractivity contribution is -0.132. The van der Waals surface area contributed by atoms with Gasteiger partial charge in [-0.3, -0.25) is 4.79 Å². The molecule has 0 bridgehead atoms. The van der Waals surface area contributed by atoms with Crippen molar-refractivity contribution in [3.63, 3.8) is 0 Å². The summed E-state index contributed by atoms with van der Waals surface area (Å²) in [4.78, 5) is 27.5. The molecule has 0 aliphatic carbocycles. The number of amides is 3. The van der Waals surface area contributed by atoms with Crippen molar-refractivity contribution in [2.45, 2.75) is 38.6 Å². The van der Waals surface area contributed by atoms with Crippen LogP contribution in [0.2, 0.25) is 0 Å². The average Bonchev–Trinajstić information content (AvgIpc) is 2.63. The van der Waals surface area contributed by atoms with Crippen LogP contribution in [0.1, 0.15) is 33.1 Å². The molecule has 0 unspecified atom stereocenters. The van der Waals surface area contributed by atoms with E-state index in [9.17, 15) is 9.59 Å². The molecule has 2 saturated heterocycles.